The first-order valence-electron chi connectivity index (χ1n) is 9.04. The number of ether oxygens (including phenoxy) is 4. The van der Waals surface area contributed by atoms with Crippen LogP contribution in [0, 0.1) is 0 Å². The Hall–Kier alpha value is -2.85. The van der Waals surface area contributed by atoms with Gasteiger partial charge in [0.2, 0.25) is 11.7 Å². The maximum absolute atomic E-state index is 5.36. The molecule has 0 amide bonds. The molecule has 0 bridgehead atoms. The highest BCUT2D eigenvalue weighted by Gasteiger charge is 2.14. The molecule has 1 aromatic heterocycles. The van der Waals surface area contributed by atoms with Gasteiger partial charge in [-0.05, 0) is 0 Å². The standard InChI is InChI=1S/C18H26N6O4/c1-25-14-10-13(11-15(26-2)17(14)27-3)21-18-22-16(12-20-23-18)19-4-5-24-6-8-28-9-7-24/h10-12H,4-9H2,1-3H3,(H2,19,21,22,23). The maximum atomic E-state index is 5.36. The van der Waals surface area contributed by atoms with E-state index < -0.39 is 0 Å². The lowest BCUT2D eigenvalue weighted by atomic mass is 10.2. The third kappa shape index (κ3) is 5.11. The first-order valence-corrected chi connectivity index (χ1v) is 9.04. The number of methoxy groups -OCH3 is 3. The number of hydrogen-bond donors (Lipinski definition) is 2. The summed E-state index contributed by atoms with van der Waals surface area (Å²) in [7, 11) is 4.70. The molecule has 1 aromatic carbocycles. The van der Waals surface area contributed by atoms with Crippen molar-refractivity contribution in [2.24, 2.45) is 0 Å². The highest BCUT2D eigenvalue weighted by atomic mass is 16.5. The minimum atomic E-state index is 0.366. The number of anilines is 3. The summed E-state index contributed by atoms with van der Waals surface area (Å²) in [6, 6.07) is 3.56. The van der Waals surface area contributed by atoms with Crippen LogP contribution in [0.3, 0.4) is 0 Å². The second kappa shape index (κ2) is 9.90. The monoisotopic (exact) mass is 390 g/mol. The summed E-state index contributed by atoms with van der Waals surface area (Å²) in [6.07, 6.45) is 1.60. The van der Waals surface area contributed by atoms with Crippen LogP contribution in [-0.4, -0.2) is 80.8 Å². The fraction of sp³-hybridized carbons (Fsp3) is 0.500. The number of morpholine rings is 1. The molecule has 1 fully saturated rings. The molecule has 1 aliphatic rings. The zero-order chi connectivity index (χ0) is 19.8. The van der Waals surface area contributed by atoms with Crippen molar-refractivity contribution in [2.45, 2.75) is 0 Å². The highest BCUT2D eigenvalue weighted by molar-refractivity contribution is 5.65. The van der Waals surface area contributed by atoms with Crippen LogP contribution in [0.4, 0.5) is 17.5 Å². The van der Waals surface area contributed by atoms with Crippen molar-refractivity contribution >= 4 is 17.5 Å². The summed E-state index contributed by atoms with van der Waals surface area (Å²) in [5, 5.41) is 14.4. The maximum Gasteiger partial charge on any atom is 0.249 e. The molecule has 10 nitrogen and oxygen atoms in total. The summed E-state index contributed by atoms with van der Waals surface area (Å²) < 4.78 is 21.4. The molecule has 0 saturated carbocycles. The van der Waals surface area contributed by atoms with Crippen molar-refractivity contribution in [1.82, 2.24) is 20.1 Å². The molecule has 0 aliphatic carbocycles. The first kappa shape index (κ1) is 19.9. The normalized spacial score (nSPS) is 14.4. The van der Waals surface area contributed by atoms with Crippen LogP contribution in [0.1, 0.15) is 0 Å². The van der Waals surface area contributed by atoms with Gasteiger partial charge in [0.25, 0.3) is 0 Å². The van der Waals surface area contributed by atoms with E-state index in [2.05, 4.69) is 30.7 Å². The predicted molar refractivity (Wildman–Crippen MR) is 105 cm³/mol. The second-order valence-corrected chi connectivity index (χ2v) is 6.09. The van der Waals surface area contributed by atoms with Gasteiger partial charge in [0, 0.05) is 44.0 Å². The van der Waals surface area contributed by atoms with Crippen LogP contribution in [0.15, 0.2) is 18.3 Å². The molecule has 1 saturated heterocycles. The number of benzene rings is 1. The van der Waals surface area contributed by atoms with Crippen LogP contribution in [0.25, 0.3) is 0 Å². The number of rotatable bonds is 9. The zero-order valence-electron chi connectivity index (χ0n) is 16.4. The summed E-state index contributed by atoms with van der Waals surface area (Å²) in [5.41, 5.74) is 0.696. The van der Waals surface area contributed by atoms with Gasteiger partial charge in [0.1, 0.15) is 0 Å². The SMILES string of the molecule is COc1cc(Nc2nncc(NCCN3CCOCC3)n2)cc(OC)c1OC. The molecule has 0 radical (unpaired) electrons. The average molecular weight is 390 g/mol. The third-order valence-corrected chi connectivity index (χ3v) is 4.32. The van der Waals surface area contributed by atoms with Crippen LogP contribution in [0.5, 0.6) is 17.2 Å². The van der Waals surface area contributed by atoms with E-state index in [1.54, 1.807) is 39.7 Å². The summed E-state index contributed by atoms with van der Waals surface area (Å²) >= 11 is 0. The Morgan fingerprint density at radius 3 is 2.43 bits per heavy atom. The average Bonchev–Trinajstić information content (AvgIpc) is 2.74. The molecule has 2 aromatic rings. The predicted octanol–water partition coefficient (Wildman–Crippen LogP) is 1.39. The van der Waals surface area contributed by atoms with Gasteiger partial charge in [-0.1, -0.05) is 0 Å². The fourth-order valence-electron chi connectivity index (χ4n) is 2.89. The van der Waals surface area contributed by atoms with Crippen LogP contribution in [-0.2, 0) is 4.74 Å². The topological polar surface area (TPSA) is 103 Å². The number of aromatic nitrogens is 3. The Morgan fingerprint density at radius 1 is 1.07 bits per heavy atom. The van der Waals surface area contributed by atoms with Gasteiger partial charge < -0.3 is 29.6 Å². The molecule has 0 atom stereocenters. The molecule has 3 rings (SSSR count). The number of nitrogens with one attached hydrogen (secondary N) is 2. The molecular weight excluding hydrogens is 364 g/mol. The minimum absolute atomic E-state index is 0.366. The summed E-state index contributed by atoms with van der Waals surface area (Å²) in [5.74, 6) is 2.62. The minimum Gasteiger partial charge on any atom is -0.493 e. The van der Waals surface area contributed by atoms with Crippen LogP contribution in [0.2, 0.25) is 0 Å². The lowest BCUT2D eigenvalue weighted by Gasteiger charge is -2.26. The Kier molecular flexibility index (Phi) is 7.04. The van der Waals surface area contributed by atoms with E-state index in [1.165, 1.54) is 0 Å². The van der Waals surface area contributed by atoms with Crippen LogP contribution < -0.4 is 24.8 Å². The summed E-state index contributed by atoms with van der Waals surface area (Å²) in [6.45, 7) is 5.18. The highest BCUT2D eigenvalue weighted by Crippen LogP contribution is 2.40. The molecule has 28 heavy (non-hydrogen) atoms. The molecular formula is C18H26N6O4. The van der Waals surface area contributed by atoms with E-state index >= 15 is 0 Å². The van der Waals surface area contributed by atoms with E-state index in [4.69, 9.17) is 18.9 Å². The van der Waals surface area contributed by atoms with Crippen molar-refractivity contribution in [3.8, 4) is 17.2 Å². The van der Waals surface area contributed by atoms with E-state index in [0.29, 0.717) is 34.7 Å². The lowest BCUT2D eigenvalue weighted by Crippen LogP contribution is -2.39. The fourth-order valence-corrected chi connectivity index (χ4v) is 2.89. The van der Waals surface area contributed by atoms with Gasteiger partial charge >= 0.3 is 0 Å². The molecule has 1 aliphatic heterocycles. The second-order valence-electron chi connectivity index (χ2n) is 6.09. The number of hydrogen-bond acceptors (Lipinski definition) is 10. The Bertz CT molecular complexity index is 744. The van der Waals surface area contributed by atoms with E-state index in [0.717, 1.165) is 39.4 Å². The zero-order valence-corrected chi connectivity index (χ0v) is 16.4. The van der Waals surface area contributed by atoms with E-state index in [1.807, 2.05) is 0 Å². The van der Waals surface area contributed by atoms with Crippen LogP contribution >= 0.6 is 0 Å². The molecule has 10 heteroatoms. The van der Waals surface area contributed by atoms with Gasteiger partial charge in [-0.3, -0.25) is 4.90 Å². The molecule has 152 valence electrons. The molecule has 2 N–H and O–H groups in total. The first-order chi connectivity index (χ1) is 13.7. The van der Waals surface area contributed by atoms with Gasteiger partial charge in [-0.2, -0.15) is 10.1 Å². The summed E-state index contributed by atoms with van der Waals surface area (Å²) in [4.78, 5) is 6.80. The van der Waals surface area contributed by atoms with Gasteiger partial charge in [0.15, 0.2) is 17.3 Å². The molecule has 0 unspecified atom stereocenters. The van der Waals surface area contributed by atoms with Gasteiger partial charge in [0.05, 0.1) is 40.7 Å². The Balaban J connectivity index is 1.63. The molecule has 2 heterocycles. The van der Waals surface area contributed by atoms with Gasteiger partial charge in [-0.25, -0.2) is 0 Å². The van der Waals surface area contributed by atoms with E-state index in [9.17, 15) is 0 Å². The van der Waals surface area contributed by atoms with Gasteiger partial charge in [-0.15, -0.1) is 5.10 Å². The Labute approximate surface area is 164 Å². The lowest BCUT2D eigenvalue weighted by molar-refractivity contribution is 0.0398. The number of nitrogens with zero attached hydrogens (tertiary/aromatic N) is 4. The van der Waals surface area contributed by atoms with Crippen molar-refractivity contribution in [3.63, 3.8) is 0 Å². The van der Waals surface area contributed by atoms with Crippen molar-refractivity contribution in [3.05, 3.63) is 18.3 Å². The molecule has 0 spiro atoms. The smallest absolute Gasteiger partial charge is 0.249 e. The Morgan fingerprint density at radius 2 is 1.79 bits per heavy atom. The van der Waals surface area contributed by atoms with E-state index in [-0.39, 0.29) is 0 Å². The third-order valence-electron chi connectivity index (χ3n) is 4.32. The van der Waals surface area contributed by atoms with Crippen molar-refractivity contribution < 1.29 is 18.9 Å². The van der Waals surface area contributed by atoms with Crippen molar-refractivity contribution in [2.75, 3.05) is 71.4 Å². The van der Waals surface area contributed by atoms with Crippen molar-refractivity contribution in [1.29, 1.82) is 0 Å². The largest absolute Gasteiger partial charge is 0.493 e. The quantitative estimate of drug-likeness (QED) is 0.653.